The lowest BCUT2D eigenvalue weighted by Crippen LogP contribution is -2.14. The van der Waals surface area contributed by atoms with Crippen LogP contribution in [0.15, 0.2) is 90.0 Å². The number of thiophene rings is 1. The zero-order chi connectivity index (χ0) is 27.1. The number of rotatable bonds is 6. The Bertz CT molecular complexity index is 2000. The van der Waals surface area contributed by atoms with Gasteiger partial charge in [0, 0.05) is 45.9 Å². The second-order valence-electron chi connectivity index (χ2n) is 9.28. The number of halogens is 1. The van der Waals surface area contributed by atoms with Gasteiger partial charge in [-0.2, -0.15) is 16.4 Å². The van der Waals surface area contributed by atoms with Crippen LogP contribution in [0.25, 0.3) is 55.8 Å². The quantitative estimate of drug-likeness (QED) is 0.218. The minimum Gasteiger partial charge on any atom is -0.336 e. The zero-order valence-electron chi connectivity index (χ0n) is 20.9. The van der Waals surface area contributed by atoms with Gasteiger partial charge in [-0.3, -0.25) is 19.9 Å². The zero-order valence-corrected chi connectivity index (χ0v) is 21.7. The number of nitrogens with one attached hydrogen (secondary N) is 3. The van der Waals surface area contributed by atoms with E-state index in [9.17, 15) is 4.79 Å². The van der Waals surface area contributed by atoms with Gasteiger partial charge in [-0.25, -0.2) is 9.37 Å². The van der Waals surface area contributed by atoms with Crippen LogP contribution >= 0.6 is 11.3 Å². The summed E-state index contributed by atoms with van der Waals surface area (Å²) in [6.07, 6.45) is 5.08. The number of amides is 1. The molecule has 10 heteroatoms. The Morgan fingerprint density at radius 2 is 1.88 bits per heavy atom. The summed E-state index contributed by atoms with van der Waals surface area (Å²) in [6.45, 7) is 0. The Hall–Kier alpha value is -5.22. The molecule has 0 spiro atoms. The van der Waals surface area contributed by atoms with Crippen LogP contribution in [0, 0.1) is 5.82 Å². The van der Waals surface area contributed by atoms with Gasteiger partial charge in [0.2, 0.25) is 5.91 Å². The van der Waals surface area contributed by atoms with E-state index in [1.165, 1.54) is 6.07 Å². The number of nitrogens with zero attached hydrogens (tertiary/aromatic N) is 4. The Morgan fingerprint density at radius 1 is 0.975 bits per heavy atom. The van der Waals surface area contributed by atoms with Crippen molar-refractivity contribution >= 4 is 44.9 Å². The number of aromatic nitrogens is 6. The fourth-order valence-electron chi connectivity index (χ4n) is 4.74. The third kappa shape index (κ3) is 4.40. The summed E-state index contributed by atoms with van der Waals surface area (Å²) >= 11 is 1.60. The molecule has 0 unspecified atom stereocenters. The summed E-state index contributed by atoms with van der Waals surface area (Å²) in [6, 6.07) is 18.2. The number of benzene rings is 2. The fraction of sp³-hybridized carbons (Fsp3) is 0.0333. The molecule has 0 radical (unpaired) electrons. The van der Waals surface area contributed by atoms with Crippen molar-refractivity contribution < 1.29 is 9.18 Å². The van der Waals surface area contributed by atoms with Crippen LogP contribution in [0.3, 0.4) is 0 Å². The molecule has 5 aromatic heterocycles. The largest absolute Gasteiger partial charge is 0.336 e. The monoisotopic (exact) mass is 545 g/mol. The first kappa shape index (κ1) is 23.9. The van der Waals surface area contributed by atoms with E-state index in [4.69, 9.17) is 4.98 Å². The molecule has 0 saturated heterocycles. The fourth-order valence-corrected chi connectivity index (χ4v) is 5.38. The summed E-state index contributed by atoms with van der Waals surface area (Å²) < 4.78 is 15.3. The van der Waals surface area contributed by atoms with Gasteiger partial charge in [0.05, 0.1) is 35.0 Å². The topological polar surface area (TPSA) is 112 Å². The van der Waals surface area contributed by atoms with Gasteiger partial charge >= 0.3 is 0 Å². The maximum atomic E-state index is 15.3. The van der Waals surface area contributed by atoms with Crippen LogP contribution in [-0.4, -0.2) is 36.0 Å². The number of fused-ring (bicyclic) bond motifs is 2. The molecule has 7 rings (SSSR count). The molecule has 1 amide bonds. The van der Waals surface area contributed by atoms with Crippen LogP contribution < -0.4 is 5.32 Å². The highest BCUT2D eigenvalue weighted by Crippen LogP contribution is 2.34. The van der Waals surface area contributed by atoms with Gasteiger partial charge in [-0.15, -0.1) is 0 Å². The first-order valence-corrected chi connectivity index (χ1v) is 13.4. The molecule has 0 aliphatic heterocycles. The summed E-state index contributed by atoms with van der Waals surface area (Å²) in [7, 11) is 0. The molecule has 5 heterocycles. The van der Waals surface area contributed by atoms with E-state index >= 15 is 4.39 Å². The van der Waals surface area contributed by atoms with Gasteiger partial charge in [0.15, 0.2) is 5.82 Å². The first-order valence-electron chi connectivity index (χ1n) is 12.5. The second kappa shape index (κ2) is 9.83. The number of hydrogen-bond acceptors (Lipinski definition) is 6. The average molecular weight is 546 g/mol. The molecule has 3 N–H and O–H groups in total. The van der Waals surface area contributed by atoms with Crippen molar-refractivity contribution in [1.29, 1.82) is 0 Å². The molecule has 194 valence electrons. The lowest BCUT2D eigenvalue weighted by Gasteiger charge is -2.08. The van der Waals surface area contributed by atoms with E-state index in [1.807, 2.05) is 53.2 Å². The van der Waals surface area contributed by atoms with Crippen LogP contribution in [-0.2, 0) is 11.2 Å². The Balaban J connectivity index is 1.24. The highest BCUT2D eigenvalue weighted by molar-refractivity contribution is 7.08. The number of anilines is 1. The third-order valence-electron chi connectivity index (χ3n) is 6.61. The number of pyridine rings is 2. The van der Waals surface area contributed by atoms with Crippen molar-refractivity contribution in [3.8, 4) is 33.9 Å². The molecule has 2 aromatic carbocycles. The summed E-state index contributed by atoms with van der Waals surface area (Å²) in [5.41, 5.74) is 6.67. The number of aromatic amines is 2. The molecule has 0 saturated carbocycles. The molecule has 7 aromatic rings. The standard InChI is InChI=1S/C30H20FN7OS/c31-23-13-25-22(12-21(23)19-11-20(15-32-14-19)34-26(39)10-17-4-2-1-3-5-17)28(38-37-25)30-35-24-6-8-33-27(29(24)36-30)18-7-9-40-16-18/h1-9,11-16H,10H2,(H,34,39)(H,35,36)(H,37,38). The molecule has 0 aliphatic carbocycles. The Labute approximate surface area is 231 Å². The van der Waals surface area contributed by atoms with Crippen molar-refractivity contribution in [2.24, 2.45) is 0 Å². The SMILES string of the molecule is O=C(Cc1ccccc1)Nc1cncc(-c2cc3c(-c4nc5c(-c6ccsc6)nccc5[nH]4)n[nH]c3cc2F)c1. The predicted molar refractivity (Wildman–Crippen MR) is 154 cm³/mol. The van der Waals surface area contributed by atoms with Crippen molar-refractivity contribution in [3.63, 3.8) is 0 Å². The molecule has 0 aliphatic rings. The van der Waals surface area contributed by atoms with Gasteiger partial charge in [-0.05, 0) is 35.2 Å². The van der Waals surface area contributed by atoms with Gasteiger partial charge in [0.25, 0.3) is 0 Å². The van der Waals surface area contributed by atoms with Gasteiger partial charge in [0.1, 0.15) is 17.0 Å². The first-order chi connectivity index (χ1) is 19.6. The van der Waals surface area contributed by atoms with E-state index in [0.29, 0.717) is 39.2 Å². The summed E-state index contributed by atoms with van der Waals surface area (Å²) in [5, 5.41) is 14.9. The van der Waals surface area contributed by atoms with Crippen LogP contribution in [0.4, 0.5) is 10.1 Å². The highest BCUT2D eigenvalue weighted by Gasteiger charge is 2.18. The van der Waals surface area contributed by atoms with E-state index in [2.05, 4.69) is 30.5 Å². The van der Waals surface area contributed by atoms with E-state index in [-0.39, 0.29) is 12.3 Å². The van der Waals surface area contributed by atoms with Crippen molar-refractivity contribution in [3.05, 3.63) is 101 Å². The molecule has 0 atom stereocenters. The average Bonchev–Trinajstić information content (AvgIpc) is 3.72. The summed E-state index contributed by atoms with van der Waals surface area (Å²) in [4.78, 5) is 29.5. The van der Waals surface area contributed by atoms with E-state index in [1.54, 1.807) is 42.1 Å². The van der Waals surface area contributed by atoms with Crippen LogP contribution in [0.5, 0.6) is 0 Å². The molecule has 0 fully saturated rings. The lowest BCUT2D eigenvalue weighted by molar-refractivity contribution is -0.115. The number of carbonyl (C=O) groups is 1. The number of carbonyl (C=O) groups excluding carboxylic acids is 1. The molecule has 40 heavy (non-hydrogen) atoms. The smallest absolute Gasteiger partial charge is 0.228 e. The summed E-state index contributed by atoms with van der Waals surface area (Å²) in [5.74, 6) is -0.0754. The number of hydrogen-bond donors (Lipinski definition) is 3. The normalized spacial score (nSPS) is 11.3. The predicted octanol–water partition coefficient (Wildman–Crippen LogP) is 6.61. The highest BCUT2D eigenvalue weighted by atomic mass is 32.1. The maximum absolute atomic E-state index is 15.3. The van der Waals surface area contributed by atoms with Gasteiger partial charge < -0.3 is 10.3 Å². The van der Waals surface area contributed by atoms with Crippen molar-refractivity contribution in [2.75, 3.05) is 5.32 Å². The minimum absolute atomic E-state index is 0.181. The molecular formula is C30H20FN7OS. The van der Waals surface area contributed by atoms with Crippen molar-refractivity contribution in [1.82, 2.24) is 30.1 Å². The number of H-pyrrole nitrogens is 2. The minimum atomic E-state index is -0.439. The Morgan fingerprint density at radius 3 is 2.73 bits per heavy atom. The third-order valence-corrected chi connectivity index (χ3v) is 7.29. The van der Waals surface area contributed by atoms with E-state index < -0.39 is 5.82 Å². The van der Waals surface area contributed by atoms with Gasteiger partial charge in [-0.1, -0.05) is 30.3 Å². The van der Waals surface area contributed by atoms with Crippen molar-refractivity contribution in [2.45, 2.75) is 6.42 Å². The Kier molecular flexibility index (Phi) is 5.86. The lowest BCUT2D eigenvalue weighted by atomic mass is 10.0. The van der Waals surface area contributed by atoms with Crippen LogP contribution in [0.2, 0.25) is 0 Å². The maximum Gasteiger partial charge on any atom is 0.228 e. The van der Waals surface area contributed by atoms with E-state index in [0.717, 1.165) is 27.9 Å². The number of imidazole rings is 1. The molecular weight excluding hydrogens is 525 g/mol. The molecule has 8 nitrogen and oxygen atoms in total. The second-order valence-corrected chi connectivity index (χ2v) is 10.1. The van der Waals surface area contributed by atoms with Crippen LogP contribution in [0.1, 0.15) is 5.56 Å². The molecule has 0 bridgehead atoms.